The van der Waals surface area contributed by atoms with Crippen molar-refractivity contribution in [1.82, 2.24) is 0 Å². The molecule has 0 saturated heterocycles. The Morgan fingerprint density at radius 1 is 1.17 bits per heavy atom. The van der Waals surface area contributed by atoms with Crippen molar-refractivity contribution in [1.29, 1.82) is 0 Å². The molecule has 0 heterocycles. The smallest absolute Gasteiger partial charge is 0.338 e. The highest BCUT2D eigenvalue weighted by atomic mass is 127. The predicted octanol–water partition coefficient (Wildman–Crippen LogP) is 3.79. The summed E-state index contributed by atoms with van der Waals surface area (Å²) in [5.41, 5.74) is 0.444. The molecule has 0 aliphatic carbocycles. The van der Waals surface area contributed by atoms with E-state index in [4.69, 9.17) is 9.94 Å². The Balaban J connectivity index is 2.03. The molecule has 0 aliphatic rings. The number of rotatable bonds is 5. The van der Waals surface area contributed by atoms with E-state index in [1.54, 1.807) is 24.3 Å². The Kier molecular flexibility index (Phi) is 6.10. The van der Waals surface area contributed by atoms with Gasteiger partial charge < -0.3 is 15.2 Å². The van der Waals surface area contributed by atoms with Crippen molar-refractivity contribution in [3.8, 4) is 0 Å². The average molecular weight is 491 g/mol. The van der Waals surface area contributed by atoms with E-state index in [9.17, 15) is 14.8 Å². The number of esters is 1. The molecule has 2 aromatic rings. The Bertz CT molecular complexity index is 733. The Morgan fingerprint density at radius 2 is 1.78 bits per heavy atom. The largest absolute Gasteiger partial charge is 0.733 e. The van der Waals surface area contributed by atoms with E-state index in [1.165, 1.54) is 18.2 Å². The highest BCUT2D eigenvalue weighted by molar-refractivity contribution is 14.1. The van der Waals surface area contributed by atoms with Crippen LogP contribution in [0.25, 0.3) is 0 Å². The van der Waals surface area contributed by atoms with Crippen molar-refractivity contribution < 1.29 is 19.5 Å². The SMILES string of the molecule is O=C(COC(=O)c1ccc(Br)cc1)c1ccc(I)c(N([O-])O)c1. The normalized spacial score (nSPS) is 10.3. The molecule has 23 heavy (non-hydrogen) atoms. The van der Waals surface area contributed by atoms with E-state index >= 15 is 0 Å². The molecule has 120 valence electrons. The highest BCUT2D eigenvalue weighted by Gasteiger charge is 2.13. The molecule has 2 rings (SSSR count). The van der Waals surface area contributed by atoms with Gasteiger partial charge in [-0.25, -0.2) is 4.79 Å². The van der Waals surface area contributed by atoms with Gasteiger partial charge in [0.1, 0.15) is 0 Å². The van der Waals surface area contributed by atoms with E-state index in [0.29, 0.717) is 9.13 Å². The molecule has 0 aliphatic heterocycles. The maximum atomic E-state index is 12.0. The lowest BCUT2D eigenvalue weighted by Gasteiger charge is -2.23. The molecule has 0 amide bonds. The summed E-state index contributed by atoms with van der Waals surface area (Å²) < 4.78 is 6.27. The van der Waals surface area contributed by atoms with Crippen LogP contribution in [0.4, 0.5) is 5.69 Å². The van der Waals surface area contributed by atoms with Gasteiger partial charge >= 0.3 is 5.97 Å². The average Bonchev–Trinajstić information content (AvgIpc) is 2.53. The van der Waals surface area contributed by atoms with Gasteiger partial charge in [-0.15, -0.1) is 0 Å². The van der Waals surface area contributed by atoms with Crippen molar-refractivity contribution in [2.24, 2.45) is 0 Å². The van der Waals surface area contributed by atoms with Crippen LogP contribution >= 0.6 is 38.5 Å². The number of nitrogens with zero attached hydrogens (tertiary/aromatic N) is 1. The molecule has 8 heteroatoms. The standard InChI is InChI=1S/C15H10BrINO5/c16-11-4-1-9(2-5-11)15(20)23-8-14(19)10-3-6-12(17)13(7-10)18(21)22/h1-7,21H,8H2/q-1. The Hall–Kier alpha value is -1.49. The fourth-order valence-corrected chi connectivity index (χ4v) is 2.52. The fraction of sp³-hybridized carbons (Fsp3) is 0.0667. The van der Waals surface area contributed by atoms with E-state index in [-0.39, 0.29) is 16.5 Å². The van der Waals surface area contributed by atoms with E-state index in [1.807, 2.05) is 22.6 Å². The number of anilines is 1. The first-order valence-corrected chi connectivity index (χ1v) is 8.17. The number of ether oxygens (including phenoxy) is 1. The minimum absolute atomic E-state index is 0.0457. The summed E-state index contributed by atoms with van der Waals surface area (Å²) in [7, 11) is 0. The quantitative estimate of drug-likeness (QED) is 0.297. The number of benzene rings is 2. The van der Waals surface area contributed by atoms with Crippen molar-refractivity contribution in [3.05, 3.63) is 66.8 Å². The van der Waals surface area contributed by atoms with Crippen LogP contribution in [-0.4, -0.2) is 23.6 Å². The zero-order chi connectivity index (χ0) is 17.0. The van der Waals surface area contributed by atoms with Crippen molar-refractivity contribution in [3.63, 3.8) is 0 Å². The van der Waals surface area contributed by atoms with Crippen LogP contribution in [0.5, 0.6) is 0 Å². The van der Waals surface area contributed by atoms with Gasteiger partial charge in [-0.3, -0.25) is 10.0 Å². The summed E-state index contributed by atoms with van der Waals surface area (Å²) in [5, 5.41) is 19.6. The molecular weight excluding hydrogens is 481 g/mol. The van der Waals surface area contributed by atoms with Crippen LogP contribution in [0.3, 0.4) is 0 Å². The van der Waals surface area contributed by atoms with Crippen LogP contribution in [0, 0.1) is 8.78 Å². The summed E-state index contributed by atoms with van der Waals surface area (Å²) in [6.07, 6.45) is 0. The molecule has 1 N–H and O–H groups in total. The minimum atomic E-state index is -0.621. The summed E-state index contributed by atoms with van der Waals surface area (Å²) in [5.74, 6) is -1.10. The number of hydrogen-bond acceptors (Lipinski definition) is 6. The molecule has 0 spiro atoms. The molecule has 0 saturated carbocycles. The summed E-state index contributed by atoms with van der Waals surface area (Å²) >= 11 is 5.11. The molecule has 0 unspecified atom stereocenters. The fourth-order valence-electron chi connectivity index (χ4n) is 1.72. The molecule has 6 nitrogen and oxygen atoms in total. The van der Waals surface area contributed by atoms with Crippen molar-refractivity contribution >= 4 is 56.0 Å². The van der Waals surface area contributed by atoms with Crippen molar-refractivity contribution in [2.75, 3.05) is 11.8 Å². The van der Waals surface area contributed by atoms with Gasteiger partial charge in [-0.05, 0) is 59.0 Å². The molecule has 0 radical (unpaired) electrons. The molecular formula is C15H10BrINO5-. The van der Waals surface area contributed by atoms with Gasteiger partial charge in [0.15, 0.2) is 12.4 Å². The first-order chi connectivity index (χ1) is 10.9. The van der Waals surface area contributed by atoms with Gasteiger partial charge in [0.05, 0.1) is 11.3 Å². The number of Topliss-reactive ketones (excluding diaryl/α,β-unsaturated/α-hetero) is 1. The molecule has 0 bridgehead atoms. The van der Waals surface area contributed by atoms with Crippen LogP contribution < -0.4 is 5.23 Å². The monoisotopic (exact) mass is 490 g/mol. The van der Waals surface area contributed by atoms with Crippen LogP contribution in [0.1, 0.15) is 20.7 Å². The lowest BCUT2D eigenvalue weighted by molar-refractivity contribution is 0.0474. The Labute approximate surface area is 153 Å². The number of ketones is 1. The molecule has 0 fully saturated rings. The zero-order valence-electron chi connectivity index (χ0n) is 11.5. The van der Waals surface area contributed by atoms with E-state index in [2.05, 4.69) is 15.9 Å². The third-order valence-electron chi connectivity index (χ3n) is 2.89. The van der Waals surface area contributed by atoms with Gasteiger partial charge in [0, 0.05) is 13.6 Å². The first kappa shape index (κ1) is 17.9. The number of halogens is 2. The Morgan fingerprint density at radius 3 is 2.39 bits per heavy atom. The van der Waals surface area contributed by atoms with Crippen LogP contribution in [-0.2, 0) is 4.74 Å². The van der Waals surface area contributed by atoms with Crippen LogP contribution in [0.15, 0.2) is 46.9 Å². The maximum Gasteiger partial charge on any atom is 0.338 e. The second kappa shape index (κ2) is 7.86. The third kappa shape index (κ3) is 4.74. The summed E-state index contributed by atoms with van der Waals surface area (Å²) in [4.78, 5) is 23.9. The van der Waals surface area contributed by atoms with Crippen LogP contribution in [0.2, 0.25) is 0 Å². The number of hydrogen-bond donors (Lipinski definition) is 1. The van der Waals surface area contributed by atoms with E-state index < -0.39 is 18.4 Å². The second-order valence-corrected chi connectivity index (χ2v) is 6.52. The van der Waals surface area contributed by atoms with Crippen molar-refractivity contribution in [2.45, 2.75) is 0 Å². The minimum Gasteiger partial charge on any atom is -0.733 e. The zero-order valence-corrected chi connectivity index (χ0v) is 15.3. The second-order valence-electron chi connectivity index (χ2n) is 4.45. The number of carbonyl (C=O) groups excluding carboxylic acids is 2. The highest BCUT2D eigenvalue weighted by Crippen LogP contribution is 2.22. The molecule has 2 aromatic carbocycles. The van der Waals surface area contributed by atoms with Gasteiger partial charge in [-0.1, -0.05) is 22.0 Å². The predicted molar refractivity (Wildman–Crippen MR) is 95.5 cm³/mol. The van der Waals surface area contributed by atoms with Gasteiger partial charge in [0.25, 0.3) is 0 Å². The van der Waals surface area contributed by atoms with Gasteiger partial charge in [0.2, 0.25) is 0 Å². The topological polar surface area (TPSA) is 89.9 Å². The number of carbonyl (C=O) groups is 2. The van der Waals surface area contributed by atoms with Gasteiger partial charge in [-0.2, -0.15) is 0 Å². The summed E-state index contributed by atoms with van der Waals surface area (Å²) in [6, 6.07) is 10.8. The first-order valence-electron chi connectivity index (χ1n) is 6.30. The third-order valence-corrected chi connectivity index (χ3v) is 4.33. The lowest BCUT2D eigenvalue weighted by atomic mass is 10.1. The lowest BCUT2D eigenvalue weighted by Crippen LogP contribution is -2.15. The molecule has 0 aromatic heterocycles. The summed E-state index contributed by atoms with van der Waals surface area (Å²) in [6.45, 7) is -0.459. The molecule has 0 atom stereocenters. The van der Waals surface area contributed by atoms with E-state index in [0.717, 1.165) is 4.47 Å². The maximum absolute atomic E-state index is 12.0.